The fraction of sp³-hybridized carbons (Fsp3) is 0.953. The van der Waals surface area contributed by atoms with Gasteiger partial charge in [-0.1, -0.05) is 93.9 Å². The maximum Gasteiger partial charge on any atom is 0.312 e. The molecular weight excluding hydrogens is 580 g/mol. The Morgan fingerprint density at radius 1 is 0.660 bits per heavy atom. The summed E-state index contributed by atoms with van der Waals surface area (Å²) in [6.45, 7) is 24.4. The Hall–Kier alpha value is -1.06. The van der Waals surface area contributed by atoms with Gasteiger partial charge in [-0.25, -0.2) is 0 Å². The minimum Gasteiger partial charge on any atom is -0.462 e. The highest BCUT2D eigenvalue weighted by molar-refractivity contribution is 5.77. The molecule has 4 aliphatic rings. The minimum atomic E-state index is -0.461. The van der Waals surface area contributed by atoms with Gasteiger partial charge in [0.15, 0.2) is 0 Å². The van der Waals surface area contributed by atoms with Crippen molar-refractivity contribution in [3.63, 3.8) is 0 Å². The number of hydrogen-bond donors (Lipinski definition) is 0. The molecule has 0 aromatic carbocycles. The van der Waals surface area contributed by atoms with Crippen molar-refractivity contribution < 1.29 is 19.1 Å². The highest BCUT2D eigenvalue weighted by Gasteiger charge is 2.49. The summed E-state index contributed by atoms with van der Waals surface area (Å²) in [5, 5.41) is 0. The molecule has 4 fully saturated rings. The van der Waals surface area contributed by atoms with E-state index in [-0.39, 0.29) is 36.0 Å². The first-order valence-corrected chi connectivity index (χ1v) is 20.5. The van der Waals surface area contributed by atoms with E-state index < -0.39 is 10.8 Å². The Labute approximate surface area is 291 Å². The lowest BCUT2D eigenvalue weighted by molar-refractivity contribution is -0.171. The van der Waals surface area contributed by atoms with Crippen molar-refractivity contribution in [1.29, 1.82) is 0 Å². The molecule has 0 amide bonds. The normalized spacial score (nSPS) is 33.9. The van der Waals surface area contributed by atoms with Crippen LogP contribution in [0.3, 0.4) is 0 Å². The zero-order valence-electron chi connectivity index (χ0n) is 32.7. The standard InChI is InChI=1S/C43H76O4/c1-12-39(37-21-32-15-13-16-33(20-32)22-37)47-41(45)43(11,26-28(4)5)30(8)19-38-34-17-14-18-35(38)24-36(23-34)31(9)46-40(44)42(10,29(6)7)25-27(2)3/h27-39H,12-26H2,1-11H3. The zero-order valence-corrected chi connectivity index (χ0v) is 32.7. The summed E-state index contributed by atoms with van der Waals surface area (Å²) >= 11 is 0. The number of carbonyl (C=O) groups excluding carboxylic acids is 2. The number of carbonyl (C=O) groups is 2. The average Bonchev–Trinajstić information content (AvgIpc) is 2.98. The van der Waals surface area contributed by atoms with Gasteiger partial charge in [-0.05, 0) is 144 Å². The van der Waals surface area contributed by atoms with Crippen LogP contribution >= 0.6 is 0 Å². The van der Waals surface area contributed by atoms with Gasteiger partial charge < -0.3 is 9.47 Å². The molecule has 4 nitrogen and oxygen atoms in total. The van der Waals surface area contributed by atoms with Crippen molar-refractivity contribution in [2.75, 3.05) is 0 Å². The van der Waals surface area contributed by atoms with Crippen LogP contribution in [0.5, 0.6) is 0 Å². The van der Waals surface area contributed by atoms with Crippen molar-refractivity contribution in [1.82, 2.24) is 0 Å². The summed E-state index contributed by atoms with van der Waals surface area (Å²) in [5.74, 6) is 6.16. The van der Waals surface area contributed by atoms with E-state index in [1.54, 1.807) is 0 Å². The van der Waals surface area contributed by atoms with Gasteiger partial charge in [-0.3, -0.25) is 9.59 Å². The van der Waals surface area contributed by atoms with Crippen LogP contribution in [0.4, 0.5) is 0 Å². The molecular formula is C43H76O4. The average molecular weight is 657 g/mol. The van der Waals surface area contributed by atoms with Gasteiger partial charge in [0.2, 0.25) is 0 Å². The second-order valence-corrected chi connectivity index (χ2v) is 19.3. The summed E-state index contributed by atoms with van der Waals surface area (Å²) in [6, 6.07) is 0. The molecule has 4 heteroatoms. The zero-order chi connectivity index (χ0) is 34.7. The van der Waals surface area contributed by atoms with Crippen molar-refractivity contribution in [3.8, 4) is 0 Å². The maximum absolute atomic E-state index is 14.4. The van der Waals surface area contributed by atoms with Gasteiger partial charge in [0, 0.05) is 0 Å². The lowest BCUT2D eigenvalue weighted by Crippen LogP contribution is -2.46. The molecule has 272 valence electrons. The predicted molar refractivity (Wildman–Crippen MR) is 195 cm³/mol. The first kappa shape index (κ1) is 38.7. The summed E-state index contributed by atoms with van der Waals surface area (Å²) in [7, 11) is 0. The second-order valence-electron chi connectivity index (χ2n) is 19.3. The first-order valence-electron chi connectivity index (χ1n) is 20.5. The van der Waals surface area contributed by atoms with Crippen LogP contribution in [0.1, 0.15) is 172 Å². The maximum atomic E-state index is 14.4. The van der Waals surface area contributed by atoms with E-state index in [2.05, 4.69) is 76.2 Å². The molecule has 0 aromatic heterocycles. The number of fused-ring (bicyclic) bond motifs is 4. The van der Waals surface area contributed by atoms with E-state index >= 15 is 0 Å². The SMILES string of the molecule is CCC(OC(=O)C(C)(CC(C)C)C(C)CC1C2CCCC1CC(C(C)OC(=O)C(C)(CC(C)C)C(C)C)C2)C1CC2CCCC(C2)C1. The third kappa shape index (κ3) is 9.19. The molecule has 4 aliphatic carbocycles. The van der Waals surface area contributed by atoms with Crippen molar-refractivity contribution >= 4 is 11.9 Å². The molecule has 0 saturated heterocycles. The van der Waals surface area contributed by atoms with Crippen LogP contribution < -0.4 is 0 Å². The lowest BCUT2D eigenvalue weighted by atomic mass is 9.57. The summed E-state index contributed by atoms with van der Waals surface area (Å²) < 4.78 is 13.0. The Bertz CT molecular complexity index is 991. The van der Waals surface area contributed by atoms with E-state index in [1.807, 2.05) is 0 Å². The van der Waals surface area contributed by atoms with Crippen LogP contribution in [0.15, 0.2) is 0 Å². The highest BCUT2D eigenvalue weighted by atomic mass is 16.5. The molecule has 4 rings (SSSR count). The van der Waals surface area contributed by atoms with Crippen LogP contribution in [-0.4, -0.2) is 24.1 Å². The molecule has 0 aliphatic heterocycles. The molecule has 0 radical (unpaired) electrons. The molecule has 4 bridgehead atoms. The molecule has 9 unspecified atom stereocenters. The van der Waals surface area contributed by atoms with E-state index in [0.29, 0.717) is 41.4 Å². The largest absolute Gasteiger partial charge is 0.462 e. The molecule has 0 N–H and O–H groups in total. The van der Waals surface area contributed by atoms with Crippen LogP contribution in [0.2, 0.25) is 0 Å². The number of rotatable bonds is 15. The molecule has 9 atom stereocenters. The molecule has 47 heavy (non-hydrogen) atoms. The van der Waals surface area contributed by atoms with Crippen LogP contribution in [-0.2, 0) is 19.1 Å². The van der Waals surface area contributed by atoms with Gasteiger partial charge in [-0.2, -0.15) is 0 Å². The summed E-state index contributed by atoms with van der Waals surface area (Å²) in [5.41, 5.74) is -0.898. The fourth-order valence-corrected chi connectivity index (χ4v) is 11.4. The third-order valence-corrected chi connectivity index (χ3v) is 14.5. The molecule has 0 heterocycles. The van der Waals surface area contributed by atoms with Crippen LogP contribution in [0, 0.1) is 75.9 Å². The van der Waals surface area contributed by atoms with Gasteiger partial charge in [0.25, 0.3) is 0 Å². The summed E-state index contributed by atoms with van der Waals surface area (Å²) in [6.07, 6.45) is 18.1. The Kier molecular flexibility index (Phi) is 13.4. The topological polar surface area (TPSA) is 52.6 Å². The smallest absolute Gasteiger partial charge is 0.312 e. The Morgan fingerprint density at radius 2 is 1.17 bits per heavy atom. The molecule has 0 spiro atoms. The van der Waals surface area contributed by atoms with Crippen molar-refractivity contribution in [2.24, 2.45) is 75.9 Å². The third-order valence-electron chi connectivity index (χ3n) is 14.5. The quantitative estimate of drug-likeness (QED) is 0.165. The van der Waals surface area contributed by atoms with E-state index in [9.17, 15) is 9.59 Å². The van der Waals surface area contributed by atoms with Gasteiger partial charge in [-0.15, -0.1) is 0 Å². The van der Waals surface area contributed by atoms with Gasteiger partial charge in [0.05, 0.1) is 10.8 Å². The number of hydrogen-bond acceptors (Lipinski definition) is 4. The minimum absolute atomic E-state index is 0.000567. The number of esters is 2. The van der Waals surface area contributed by atoms with E-state index in [4.69, 9.17) is 9.47 Å². The molecule has 0 aromatic rings. The van der Waals surface area contributed by atoms with Crippen LogP contribution in [0.25, 0.3) is 0 Å². The second kappa shape index (κ2) is 16.3. The van der Waals surface area contributed by atoms with E-state index in [0.717, 1.165) is 50.4 Å². The van der Waals surface area contributed by atoms with Gasteiger partial charge >= 0.3 is 11.9 Å². The molecule has 4 saturated carbocycles. The summed E-state index contributed by atoms with van der Waals surface area (Å²) in [4.78, 5) is 28.0. The fourth-order valence-electron chi connectivity index (χ4n) is 11.4. The Morgan fingerprint density at radius 3 is 1.68 bits per heavy atom. The lowest BCUT2D eigenvalue weighted by Gasteiger charge is -2.49. The number of ether oxygens (including phenoxy) is 2. The van der Waals surface area contributed by atoms with Crippen molar-refractivity contribution in [3.05, 3.63) is 0 Å². The Balaban J connectivity index is 1.42. The predicted octanol–water partition coefficient (Wildman–Crippen LogP) is 11.7. The van der Waals surface area contributed by atoms with Gasteiger partial charge in [0.1, 0.15) is 12.2 Å². The van der Waals surface area contributed by atoms with Crippen molar-refractivity contribution in [2.45, 2.75) is 185 Å². The first-order chi connectivity index (χ1) is 22.1. The van der Waals surface area contributed by atoms with E-state index in [1.165, 1.54) is 57.8 Å². The highest BCUT2D eigenvalue weighted by Crippen LogP contribution is 2.53. The monoisotopic (exact) mass is 657 g/mol.